The molecule has 13 heteroatoms. The van der Waals surface area contributed by atoms with Gasteiger partial charge in [0.05, 0.1) is 20.1 Å². The average Bonchev–Trinajstić information content (AvgIpc) is 3.25. The summed E-state index contributed by atoms with van der Waals surface area (Å²) >= 11 is 30.1. The van der Waals surface area contributed by atoms with E-state index in [1.807, 2.05) is 48.5 Å². The quantitative estimate of drug-likeness (QED) is 0.148. The monoisotopic (exact) mass is 918 g/mol. The van der Waals surface area contributed by atoms with E-state index in [2.05, 4.69) is 39.8 Å². The van der Waals surface area contributed by atoms with E-state index in [-0.39, 0.29) is 55.6 Å². The van der Waals surface area contributed by atoms with Crippen molar-refractivity contribution >= 4 is 93.9 Å². The van der Waals surface area contributed by atoms with Gasteiger partial charge in [0, 0.05) is 99.3 Å². The first kappa shape index (κ1) is 46.3. The largest absolute Gasteiger partial charge is 0.339 e. The lowest BCUT2D eigenvalue weighted by Crippen LogP contribution is -2.49. The van der Waals surface area contributed by atoms with E-state index in [1.165, 1.54) is 37.8 Å². The van der Waals surface area contributed by atoms with Crippen LogP contribution in [0.3, 0.4) is 0 Å². The van der Waals surface area contributed by atoms with Gasteiger partial charge in [-0.2, -0.15) is 0 Å². The molecule has 0 unspecified atom stereocenters. The predicted octanol–water partition coefficient (Wildman–Crippen LogP) is 11.4. The van der Waals surface area contributed by atoms with Gasteiger partial charge in [-0.15, -0.1) is 0 Å². The lowest BCUT2D eigenvalue weighted by Gasteiger charge is -2.33. The molecule has 0 atom stereocenters. The Morgan fingerprint density at radius 2 is 0.836 bits per heavy atom. The number of rotatable bonds is 10. The van der Waals surface area contributed by atoms with E-state index < -0.39 is 0 Å². The molecule has 0 radical (unpaired) electrons. The van der Waals surface area contributed by atoms with Crippen molar-refractivity contribution in [2.45, 2.75) is 63.2 Å². The molecule has 2 aliphatic rings. The Morgan fingerprint density at radius 1 is 0.508 bits per heavy atom. The highest BCUT2D eigenvalue weighted by molar-refractivity contribution is 7.99. The second kappa shape index (κ2) is 20.3. The Bertz CT molecular complexity index is 2230. The molecule has 0 aliphatic carbocycles. The summed E-state index contributed by atoms with van der Waals surface area (Å²) in [5, 5.41) is 1.13. The molecule has 61 heavy (non-hydrogen) atoms. The topological polar surface area (TPSA) is 81.2 Å². The zero-order valence-corrected chi connectivity index (χ0v) is 39.1. The van der Waals surface area contributed by atoms with Crippen molar-refractivity contribution in [3.05, 3.63) is 115 Å². The van der Waals surface area contributed by atoms with Crippen molar-refractivity contribution < 1.29 is 19.2 Å². The fourth-order valence-electron chi connectivity index (χ4n) is 7.77. The van der Waals surface area contributed by atoms with Crippen molar-refractivity contribution in [1.29, 1.82) is 0 Å². The third kappa shape index (κ3) is 10.5. The summed E-state index contributed by atoms with van der Waals surface area (Å²) in [5.74, 6) is -0.0289. The van der Waals surface area contributed by atoms with E-state index in [0.717, 1.165) is 33.4 Å². The number of carbonyl (C=O) groups is 4. The van der Waals surface area contributed by atoms with Crippen molar-refractivity contribution in [3.8, 4) is 22.3 Å². The van der Waals surface area contributed by atoms with Gasteiger partial charge in [-0.05, 0) is 69.5 Å². The van der Waals surface area contributed by atoms with Gasteiger partial charge in [-0.1, -0.05) is 134 Å². The van der Waals surface area contributed by atoms with Crippen LogP contribution >= 0.6 is 58.2 Å². The summed E-state index contributed by atoms with van der Waals surface area (Å²) in [4.78, 5) is 58.9. The van der Waals surface area contributed by atoms with Gasteiger partial charge in [-0.3, -0.25) is 19.2 Å². The number of hydrogen-bond donors (Lipinski definition) is 0. The highest BCUT2D eigenvalue weighted by Crippen LogP contribution is 2.50. The van der Waals surface area contributed by atoms with Crippen LogP contribution in [0.4, 0.5) is 0 Å². The first-order valence-corrected chi connectivity index (χ1v) is 22.8. The van der Waals surface area contributed by atoms with Crippen molar-refractivity contribution in [3.63, 3.8) is 0 Å². The Balaban J connectivity index is 1.43. The van der Waals surface area contributed by atoms with E-state index in [0.29, 0.717) is 73.3 Å². The molecular formula is C48H50Cl4N4O4S. The molecule has 2 heterocycles. The maximum Gasteiger partial charge on any atom is 0.246 e. The highest BCUT2D eigenvalue weighted by Gasteiger charge is 2.26. The number of nitrogens with zero attached hydrogens (tertiary/aromatic N) is 4. The Hall–Kier alpha value is -4.25. The van der Waals surface area contributed by atoms with Crippen LogP contribution < -0.4 is 0 Å². The summed E-state index contributed by atoms with van der Waals surface area (Å²) in [7, 11) is 0. The van der Waals surface area contributed by atoms with E-state index in [1.54, 1.807) is 31.8 Å². The Kier molecular flexibility index (Phi) is 15.4. The number of hydrogen-bond acceptors (Lipinski definition) is 5. The standard InChI is InChI=1S/C48H50Cl4N4O4S/c1-29(2)33-11-7-9-13-35(33)39-27-41(47(51)45(49)37(39)15-17-43(59)55-23-19-53(20-24-55)31(5)57)61-42-28-40(36-14-10-8-12-34(36)30(3)4)38(46(50)48(42)52)16-18-44(60)56-25-21-54(22-26-56)32(6)58/h7-18,27-30H,19-26H2,1-6H3. The number of halogens is 4. The molecule has 0 spiro atoms. The Morgan fingerprint density at radius 3 is 1.16 bits per heavy atom. The molecule has 0 aromatic heterocycles. The summed E-state index contributed by atoms with van der Waals surface area (Å²) in [5.41, 5.74) is 6.87. The van der Waals surface area contributed by atoms with Gasteiger partial charge in [0.1, 0.15) is 0 Å². The molecule has 0 saturated carbocycles. The molecule has 6 rings (SSSR count). The van der Waals surface area contributed by atoms with Crippen LogP contribution in [0.15, 0.2) is 82.6 Å². The summed E-state index contributed by atoms with van der Waals surface area (Å²) in [6, 6.07) is 20.2. The third-order valence-electron chi connectivity index (χ3n) is 11.2. The van der Waals surface area contributed by atoms with Crippen LogP contribution in [-0.2, 0) is 19.2 Å². The molecule has 4 aromatic carbocycles. The minimum Gasteiger partial charge on any atom is -0.339 e. The van der Waals surface area contributed by atoms with E-state index in [4.69, 9.17) is 46.4 Å². The smallest absolute Gasteiger partial charge is 0.246 e. The van der Waals surface area contributed by atoms with Crippen LogP contribution in [0, 0.1) is 0 Å². The molecule has 2 fully saturated rings. The third-order valence-corrected chi connectivity index (χ3v) is 14.3. The fourth-order valence-corrected chi connectivity index (χ4v) is 9.93. The number of carbonyl (C=O) groups excluding carboxylic acids is 4. The van der Waals surface area contributed by atoms with Crippen molar-refractivity contribution in [2.24, 2.45) is 0 Å². The summed E-state index contributed by atoms with van der Waals surface area (Å²) in [6.07, 6.45) is 6.50. The molecule has 320 valence electrons. The van der Waals surface area contributed by atoms with Crippen LogP contribution in [0.25, 0.3) is 34.4 Å². The van der Waals surface area contributed by atoms with Crippen molar-refractivity contribution in [1.82, 2.24) is 19.6 Å². The first-order chi connectivity index (χ1) is 29.1. The van der Waals surface area contributed by atoms with E-state index >= 15 is 0 Å². The fraction of sp³-hybridized carbons (Fsp3) is 0.333. The zero-order valence-electron chi connectivity index (χ0n) is 35.2. The molecule has 2 saturated heterocycles. The van der Waals surface area contributed by atoms with Gasteiger partial charge in [0.25, 0.3) is 0 Å². The van der Waals surface area contributed by atoms with Gasteiger partial charge < -0.3 is 19.6 Å². The predicted molar refractivity (Wildman–Crippen MR) is 252 cm³/mol. The maximum atomic E-state index is 13.5. The molecule has 2 aliphatic heterocycles. The lowest BCUT2D eigenvalue weighted by molar-refractivity contribution is -0.135. The normalized spacial score (nSPS) is 14.9. The van der Waals surface area contributed by atoms with Gasteiger partial charge in [0.2, 0.25) is 23.6 Å². The number of piperazine rings is 2. The number of amides is 4. The molecule has 0 N–H and O–H groups in total. The minimum absolute atomic E-state index is 0.00634. The first-order valence-electron chi connectivity index (χ1n) is 20.4. The molecule has 0 bridgehead atoms. The van der Waals surface area contributed by atoms with Crippen LogP contribution in [0.5, 0.6) is 0 Å². The van der Waals surface area contributed by atoms with Gasteiger partial charge in [0.15, 0.2) is 0 Å². The summed E-state index contributed by atoms with van der Waals surface area (Å²) in [6.45, 7) is 15.3. The SMILES string of the molecule is CC(=O)N1CCN(C(=O)C=Cc2c(-c3ccccc3C(C)C)cc(Sc3cc(-c4ccccc4C(C)C)c(C=CC(=O)N4CCN(C(C)=O)CC4)c(Cl)c3Cl)c(Cl)c2Cl)CC1. The van der Waals surface area contributed by atoms with Gasteiger partial charge in [-0.25, -0.2) is 0 Å². The summed E-state index contributed by atoms with van der Waals surface area (Å²) < 4.78 is 0. The zero-order chi connectivity index (χ0) is 44.1. The lowest BCUT2D eigenvalue weighted by atomic mass is 9.90. The van der Waals surface area contributed by atoms with E-state index in [9.17, 15) is 19.2 Å². The van der Waals surface area contributed by atoms with Crippen LogP contribution in [0.1, 0.15) is 75.6 Å². The molecular weight excluding hydrogens is 870 g/mol. The maximum absolute atomic E-state index is 13.5. The number of benzene rings is 4. The minimum atomic E-state index is -0.182. The Labute approximate surface area is 383 Å². The molecule has 4 aromatic rings. The van der Waals surface area contributed by atoms with Gasteiger partial charge >= 0.3 is 0 Å². The second-order valence-corrected chi connectivity index (χ2v) is 18.4. The van der Waals surface area contributed by atoms with Crippen LogP contribution in [-0.4, -0.2) is 95.6 Å². The average molecular weight is 921 g/mol. The molecule has 8 nitrogen and oxygen atoms in total. The highest BCUT2D eigenvalue weighted by atomic mass is 35.5. The van der Waals surface area contributed by atoms with Crippen molar-refractivity contribution in [2.75, 3.05) is 52.4 Å². The molecule has 4 amide bonds. The second-order valence-electron chi connectivity index (χ2n) is 15.8. The van der Waals surface area contributed by atoms with Crippen LogP contribution in [0.2, 0.25) is 20.1 Å².